The predicted octanol–water partition coefficient (Wildman–Crippen LogP) is 5.31. The maximum absolute atomic E-state index is 4.51. The lowest BCUT2D eigenvalue weighted by molar-refractivity contribution is 1.17. The standard InChI is InChI=1S/C17H13BrN2/c18-14-11-12-17(19-13-14)20(15-7-3-1-4-8-15)16-9-5-2-6-10-16/h1-13H. The quantitative estimate of drug-likeness (QED) is 0.648. The Labute approximate surface area is 126 Å². The van der Waals surface area contributed by atoms with Crippen LogP contribution in [0.5, 0.6) is 0 Å². The first-order valence-corrected chi connectivity index (χ1v) is 7.16. The van der Waals surface area contributed by atoms with Crippen LogP contribution in [0, 0.1) is 0 Å². The lowest BCUT2D eigenvalue weighted by atomic mass is 10.2. The van der Waals surface area contributed by atoms with Crippen molar-refractivity contribution in [3.63, 3.8) is 0 Å². The zero-order valence-electron chi connectivity index (χ0n) is 10.8. The number of rotatable bonds is 3. The number of halogens is 1. The molecule has 0 aliphatic carbocycles. The molecule has 0 amide bonds. The van der Waals surface area contributed by atoms with Crippen LogP contribution in [0.2, 0.25) is 0 Å². The van der Waals surface area contributed by atoms with Crippen LogP contribution in [0.4, 0.5) is 17.2 Å². The van der Waals surface area contributed by atoms with Crippen LogP contribution in [0.1, 0.15) is 0 Å². The van der Waals surface area contributed by atoms with E-state index in [0.29, 0.717) is 0 Å². The molecule has 0 atom stereocenters. The molecule has 0 radical (unpaired) electrons. The third kappa shape index (κ3) is 2.73. The summed E-state index contributed by atoms with van der Waals surface area (Å²) in [5.74, 6) is 0.894. The van der Waals surface area contributed by atoms with Crippen molar-refractivity contribution in [2.45, 2.75) is 0 Å². The number of hydrogen-bond donors (Lipinski definition) is 0. The second kappa shape index (κ2) is 5.88. The average molecular weight is 325 g/mol. The van der Waals surface area contributed by atoms with Gasteiger partial charge in [0.25, 0.3) is 0 Å². The fourth-order valence-corrected chi connectivity index (χ4v) is 2.30. The van der Waals surface area contributed by atoms with E-state index in [1.165, 1.54) is 0 Å². The highest BCUT2D eigenvalue weighted by Crippen LogP contribution is 2.32. The Bertz CT molecular complexity index is 627. The Balaban J connectivity index is 2.11. The predicted molar refractivity (Wildman–Crippen MR) is 86.6 cm³/mol. The summed E-state index contributed by atoms with van der Waals surface area (Å²) in [7, 11) is 0. The second-order valence-electron chi connectivity index (χ2n) is 4.34. The summed E-state index contributed by atoms with van der Waals surface area (Å²) in [6, 6.07) is 24.5. The molecule has 0 aliphatic heterocycles. The van der Waals surface area contributed by atoms with Crippen molar-refractivity contribution in [1.29, 1.82) is 0 Å². The fraction of sp³-hybridized carbons (Fsp3) is 0. The molecular weight excluding hydrogens is 312 g/mol. The van der Waals surface area contributed by atoms with Gasteiger partial charge in [-0.15, -0.1) is 0 Å². The minimum absolute atomic E-state index is 0.894. The van der Waals surface area contributed by atoms with Crippen LogP contribution >= 0.6 is 15.9 Å². The maximum atomic E-state index is 4.51. The largest absolute Gasteiger partial charge is 0.295 e. The summed E-state index contributed by atoms with van der Waals surface area (Å²) >= 11 is 3.43. The van der Waals surface area contributed by atoms with Crippen LogP contribution in [0.25, 0.3) is 0 Å². The molecule has 0 fully saturated rings. The van der Waals surface area contributed by atoms with Gasteiger partial charge in [0.2, 0.25) is 0 Å². The van der Waals surface area contributed by atoms with Gasteiger partial charge in [-0.2, -0.15) is 0 Å². The molecule has 2 nitrogen and oxygen atoms in total. The highest BCUT2D eigenvalue weighted by molar-refractivity contribution is 9.10. The monoisotopic (exact) mass is 324 g/mol. The minimum atomic E-state index is 0.894. The molecule has 0 saturated heterocycles. The topological polar surface area (TPSA) is 16.1 Å². The summed E-state index contributed by atoms with van der Waals surface area (Å²) in [6.07, 6.45) is 1.81. The van der Waals surface area contributed by atoms with Gasteiger partial charge in [0.1, 0.15) is 5.82 Å². The highest BCUT2D eigenvalue weighted by Gasteiger charge is 2.12. The molecule has 3 aromatic rings. The average Bonchev–Trinajstić information content (AvgIpc) is 2.52. The lowest BCUT2D eigenvalue weighted by Gasteiger charge is -2.24. The van der Waals surface area contributed by atoms with E-state index >= 15 is 0 Å². The van der Waals surface area contributed by atoms with Gasteiger partial charge in [0.15, 0.2) is 0 Å². The third-order valence-corrected chi connectivity index (χ3v) is 3.44. The molecule has 2 aromatic carbocycles. The van der Waals surface area contributed by atoms with Gasteiger partial charge in [-0.3, -0.25) is 4.90 Å². The molecule has 0 N–H and O–H groups in total. The molecule has 0 spiro atoms. The van der Waals surface area contributed by atoms with E-state index in [9.17, 15) is 0 Å². The number of para-hydroxylation sites is 2. The van der Waals surface area contributed by atoms with Crippen molar-refractivity contribution in [2.24, 2.45) is 0 Å². The first-order chi connectivity index (χ1) is 9.84. The van der Waals surface area contributed by atoms with Crippen LogP contribution in [0.3, 0.4) is 0 Å². The van der Waals surface area contributed by atoms with Gasteiger partial charge in [-0.1, -0.05) is 36.4 Å². The second-order valence-corrected chi connectivity index (χ2v) is 5.26. The Morgan fingerprint density at radius 1 is 0.700 bits per heavy atom. The van der Waals surface area contributed by atoms with Gasteiger partial charge in [0, 0.05) is 22.0 Å². The highest BCUT2D eigenvalue weighted by atomic mass is 79.9. The van der Waals surface area contributed by atoms with E-state index in [-0.39, 0.29) is 0 Å². The Morgan fingerprint density at radius 2 is 1.25 bits per heavy atom. The van der Waals surface area contributed by atoms with E-state index in [0.717, 1.165) is 21.7 Å². The van der Waals surface area contributed by atoms with Crippen LogP contribution in [-0.2, 0) is 0 Å². The number of aromatic nitrogens is 1. The molecule has 0 aliphatic rings. The smallest absolute Gasteiger partial charge is 0.137 e. The van der Waals surface area contributed by atoms with Crippen LogP contribution < -0.4 is 4.90 Å². The zero-order chi connectivity index (χ0) is 13.8. The normalized spacial score (nSPS) is 10.2. The van der Waals surface area contributed by atoms with Crippen molar-refractivity contribution in [3.05, 3.63) is 83.5 Å². The molecule has 20 heavy (non-hydrogen) atoms. The SMILES string of the molecule is Brc1ccc(N(c2ccccc2)c2ccccc2)nc1. The van der Waals surface area contributed by atoms with Crippen molar-refractivity contribution >= 4 is 33.1 Å². The number of anilines is 3. The zero-order valence-corrected chi connectivity index (χ0v) is 12.4. The number of nitrogens with zero attached hydrogens (tertiary/aromatic N) is 2. The van der Waals surface area contributed by atoms with Crippen LogP contribution in [-0.4, -0.2) is 4.98 Å². The summed E-state index contributed by atoms with van der Waals surface area (Å²) in [5.41, 5.74) is 2.18. The summed E-state index contributed by atoms with van der Waals surface area (Å²) in [4.78, 5) is 6.64. The number of benzene rings is 2. The van der Waals surface area contributed by atoms with E-state index < -0.39 is 0 Å². The Hall–Kier alpha value is -2.13. The van der Waals surface area contributed by atoms with Crippen molar-refractivity contribution in [2.75, 3.05) is 4.90 Å². The molecule has 1 aromatic heterocycles. The van der Waals surface area contributed by atoms with Gasteiger partial charge in [-0.25, -0.2) is 4.98 Å². The van der Waals surface area contributed by atoms with Crippen molar-refractivity contribution in [3.8, 4) is 0 Å². The Morgan fingerprint density at radius 3 is 1.70 bits per heavy atom. The van der Waals surface area contributed by atoms with E-state index in [1.54, 1.807) is 0 Å². The summed E-state index contributed by atoms with van der Waals surface area (Å²) in [5, 5.41) is 0. The van der Waals surface area contributed by atoms with Crippen molar-refractivity contribution in [1.82, 2.24) is 4.98 Å². The molecule has 3 rings (SSSR count). The lowest BCUT2D eigenvalue weighted by Crippen LogP contribution is -2.11. The van der Waals surface area contributed by atoms with E-state index in [4.69, 9.17) is 0 Å². The van der Waals surface area contributed by atoms with Gasteiger partial charge >= 0.3 is 0 Å². The number of pyridine rings is 1. The van der Waals surface area contributed by atoms with Gasteiger partial charge < -0.3 is 0 Å². The molecular formula is C17H13BrN2. The fourth-order valence-electron chi connectivity index (χ4n) is 2.07. The molecule has 0 unspecified atom stereocenters. The van der Waals surface area contributed by atoms with Gasteiger partial charge in [0.05, 0.1) is 0 Å². The maximum Gasteiger partial charge on any atom is 0.137 e. The summed E-state index contributed by atoms with van der Waals surface area (Å²) < 4.78 is 0.974. The Kier molecular flexibility index (Phi) is 3.79. The molecule has 98 valence electrons. The molecule has 0 bridgehead atoms. The first kappa shape index (κ1) is 12.9. The number of hydrogen-bond acceptors (Lipinski definition) is 2. The van der Waals surface area contributed by atoms with Crippen LogP contribution in [0.15, 0.2) is 83.5 Å². The molecule has 3 heteroatoms. The molecule has 0 saturated carbocycles. The van der Waals surface area contributed by atoms with E-state index in [2.05, 4.69) is 50.1 Å². The minimum Gasteiger partial charge on any atom is -0.295 e. The third-order valence-electron chi connectivity index (χ3n) is 2.97. The van der Waals surface area contributed by atoms with Crippen molar-refractivity contribution < 1.29 is 0 Å². The van der Waals surface area contributed by atoms with Gasteiger partial charge in [-0.05, 0) is 52.3 Å². The summed E-state index contributed by atoms with van der Waals surface area (Å²) in [6.45, 7) is 0. The first-order valence-electron chi connectivity index (χ1n) is 6.36. The van der Waals surface area contributed by atoms with E-state index in [1.807, 2.05) is 54.7 Å². The molecule has 1 heterocycles.